The van der Waals surface area contributed by atoms with E-state index in [-0.39, 0.29) is 42.9 Å². The molecule has 7 nitrogen and oxygen atoms in total. The van der Waals surface area contributed by atoms with Gasteiger partial charge in [0, 0.05) is 32.0 Å². The first kappa shape index (κ1) is 19.7. The maximum absolute atomic E-state index is 12.4. The molecular weight excluding hydrogens is 324 g/mol. The Morgan fingerprint density at radius 3 is 2.52 bits per heavy atom. The van der Waals surface area contributed by atoms with Crippen molar-refractivity contribution in [2.24, 2.45) is 5.92 Å². The lowest BCUT2D eigenvalue weighted by Gasteiger charge is -2.24. The fourth-order valence-corrected chi connectivity index (χ4v) is 3.51. The highest BCUT2D eigenvalue weighted by Crippen LogP contribution is 2.29. The topological polar surface area (TPSA) is 95.9 Å². The van der Waals surface area contributed by atoms with Crippen molar-refractivity contribution < 1.29 is 24.2 Å². The highest BCUT2D eigenvalue weighted by molar-refractivity contribution is 5.91. The first-order valence-electron chi connectivity index (χ1n) is 9.14. The highest BCUT2D eigenvalue weighted by Gasteiger charge is 2.39. The molecule has 2 amide bonds. The van der Waals surface area contributed by atoms with Crippen molar-refractivity contribution in [2.75, 3.05) is 13.2 Å². The molecule has 2 aliphatic rings. The Hall–Kier alpha value is -1.63. The number of carboxylic acids is 1. The Balaban J connectivity index is 1.86. The van der Waals surface area contributed by atoms with Crippen LogP contribution in [0.4, 0.5) is 0 Å². The van der Waals surface area contributed by atoms with Crippen molar-refractivity contribution in [3.8, 4) is 0 Å². The van der Waals surface area contributed by atoms with Crippen molar-refractivity contribution in [1.29, 1.82) is 0 Å². The van der Waals surface area contributed by atoms with Gasteiger partial charge in [0.1, 0.15) is 6.04 Å². The monoisotopic (exact) mass is 354 g/mol. The zero-order valence-electron chi connectivity index (χ0n) is 15.4. The first-order valence-corrected chi connectivity index (χ1v) is 9.14. The number of aliphatic carboxylic acids is 1. The number of hydrogen-bond donors (Lipinski definition) is 2. The Morgan fingerprint density at radius 1 is 1.32 bits per heavy atom. The van der Waals surface area contributed by atoms with E-state index in [0.717, 1.165) is 25.7 Å². The van der Waals surface area contributed by atoms with Gasteiger partial charge < -0.3 is 20.1 Å². The largest absolute Gasteiger partial charge is 0.480 e. The van der Waals surface area contributed by atoms with E-state index in [9.17, 15) is 19.5 Å². The van der Waals surface area contributed by atoms with E-state index in [1.165, 1.54) is 0 Å². The van der Waals surface area contributed by atoms with Crippen LogP contribution < -0.4 is 5.32 Å². The number of nitrogens with one attached hydrogen (secondary N) is 1. The zero-order chi connectivity index (χ0) is 18.6. The van der Waals surface area contributed by atoms with Crippen LogP contribution in [0.3, 0.4) is 0 Å². The van der Waals surface area contributed by atoms with E-state index >= 15 is 0 Å². The molecule has 2 fully saturated rings. The van der Waals surface area contributed by atoms with Crippen molar-refractivity contribution in [3.05, 3.63) is 0 Å². The van der Waals surface area contributed by atoms with Gasteiger partial charge in [-0.05, 0) is 33.6 Å². The van der Waals surface area contributed by atoms with Gasteiger partial charge in [0.2, 0.25) is 11.8 Å². The van der Waals surface area contributed by atoms with Gasteiger partial charge in [0.05, 0.1) is 11.5 Å². The third-order valence-corrected chi connectivity index (χ3v) is 4.85. The van der Waals surface area contributed by atoms with E-state index < -0.39 is 17.9 Å². The third kappa shape index (κ3) is 5.70. The van der Waals surface area contributed by atoms with E-state index in [1.54, 1.807) is 0 Å². The summed E-state index contributed by atoms with van der Waals surface area (Å²) in [5.41, 5.74) is -0.354. The van der Waals surface area contributed by atoms with E-state index in [0.29, 0.717) is 6.54 Å². The lowest BCUT2D eigenvalue weighted by molar-refractivity contribution is -0.143. The predicted octanol–water partition coefficient (Wildman–Crippen LogP) is 1.55. The van der Waals surface area contributed by atoms with E-state index in [1.807, 2.05) is 25.7 Å². The molecule has 2 atom stereocenters. The molecule has 0 bridgehead atoms. The van der Waals surface area contributed by atoms with Crippen molar-refractivity contribution >= 4 is 17.8 Å². The van der Waals surface area contributed by atoms with Gasteiger partial charge in [-0.3, -0.25) is 9.59 Å². The van der Waals surface area contributed by atoms with Crippen molar-refractivity contribution in [1.82, 2.24) is 10.2 Å². The summed E-state index contributed by atoms with van der Waals surface area (Å²) in [6.07, 6.45) is 4.63. The standard InChI is InChI=1S/C18H30N2O5/c1-18(2,3)25-9-8-14(17(23)24)19-16(22)12-10-15(21)20(11-12)13-6-4-5-7-13/h12-14H,4-11H2,1-3H3,(H,19,22)(H,23,24). The van der Waals surface area contributed by atoms with Crippen LogP contribution in [0.5, 0.6) is 0 Å². The number of carbonyl (C=O) groups excluding carboxylic acids is 2. The van der Waals surface area contributed by atoms with Gasteiger partial charge in [-0.1, -0.05) is 12.8 Å². The molecule has 2 N–H and O–H groups in total. The van der Waals surface area contributed by atoms with Gasteiger partial charge in [0.15, 0.2) is 0 Å². The first-order chi connectivity index (χ1) is 11.7. The summed E-state index contributed by atoms with van der Waals surface area (Å²) in [6, 6.07) is -0.744. The van der Waals surface area contributed by atoms with Crippen LogP contribution >= 0.6 is 0 Å². The van der Waals surface area contributed by atoms with Crippen LogP contribution in [-0.2, 0) is 19.1 Å². The minimum Gasteiger partial charge on any atom is -0.480 e. The maximum Gasteiger partial charge on any atom is 0.326 e. The molecule has 142 valence electrons. The number of likely N-dealkylation sites (tertiary alicyclic amines) is 1. The summed E-state index contributed by atoms with van der Waals surface area (Å²) < 4.78 is 5.54. The molecule has 0 aromatic rings. The van der Waals surface area contributed by atoms with Crippen molar-refractivity contribution in [2.45, 2.75) is 77.0 Å². The number of amides is 2. The summed E-state index contributed by atoms with van der Waals surface area (Å²) in [4.78, 5) is 37.8. The Labute approximate surface area is 149 Å². The van der Waals surface area contributed by atoms with E-state index in [2.05, 4.69) is 5.32 Å². The number of nitrogens with zero attached hydrogens (tertiary/aromatic N) is 1. The average Bonchev–Trinajstić information content (AvgIpc) is 3.13. The number of carbonyl (C=O) groups is 3. The Morgan fingerprint density at radius 2 is 1.96 bits per heavy atom. The number of carboxylic acid groups (broad SMARTS) is 1. The lowest BCUT2D eigenvalue weighted by atomic mass is 10.1. The highest BCUT2D eigenvalue weighted by atomic mass is 16.5. The summed E-state index contributed by atoms with van der Waals surface area (Å²) in [5.74, 6) is -1.88. The number of rotatable bonds is 7. The summed E-state index contributed by atoms with van der Waals surface area (Å²) in [7, 11) is 0. The maximum atomic E-state index is 12.4. The van der Waals surface area contributed by atoms with Crippen molar-refractivity contribution in [3.63, 3.8) is 0 Å². The molecule has 0 aromatic heterocycles. The lowest BCUT2D eigenvalue weighted by Crippen LogP contribution is -2.45. The molecule has 25 heavy (non-hydrogen) atoms. The quantitative estimate of drug-likeness (QED) is 0.723. The van der Waals surface area contributed by atoms with Crippen LogP contribution in [0.15, 0.2) is 0 Å². The van der Waals surface area contributed by atoms with Gasteiger partial charge in [-0.25, -0.2) is 4.79 Å². The molecule has 2 unspecified atom stereocenters. The van der Waals surface area contributed by atoms with Gasteiger partial charge in [0.25, 0.3) is 0 Å². The molecule has 2 rings (SSSR count). The number of ether oxygens (including phenoxy) is 1. The van der Waals surface area contributed by atoms with Crippen LogP contribution in [-0.4, -0.2) is 58.6 Å². The summed E-state index contributed by atoms with van der Waals surface area (Å²) in [6.45, 7) is 6.33. The third-order valence-electron chi connectivity index (χ3n) is 4.85. The second-order valence-electron chi connectivity index (χ2n) is 8.03. The normalized spacial score (nSPS) is 23.1. The molecule has 0 spiro atoms. The fraction of sp³-hybridized carbons (Fsp3) is 0.833. The molecule has 7 heteroatoms. The molecule has 1 saturated carbocycles. The van der Waals surface area contributed by atoms with Crippen LogP contribution in [0.2, 0.25) is 0 Å². The van der Waals surface area contributed by atoms with E-state index in [4.69, 9.17) is 4.74 Å². The van der Waals surface area contributed by atoms with Gasteiger partial charge in [-0.2, -0.15) is 0 Å². The minimum absolute atomic E-state index is 0.00925. The zero-order valence-corrected chi connectivity index (χ0v) is 15.4. The minimum atomic E-state index is -1.08. The predicted molar refractivity (Wildman–Crippen MR) is 92.0 cm³/mol. The summed E-state index contributed by atoms with van der Waals surface area (Å²) in [5, 5.41) is 11.9. The summed E-state index contributed by atoms with van der Waals surface area (Å²) >= 11 is 0. The second kappa shape index (κ2) is 8.17. The van der Waals surface area contributed by atoms with Crippen LogP contribution in [0, 0.1) is 5.92 Å². The Bertz CT molecular complexity index is 508. The van der Waals surface area contributed by atoms with Crippen LogP contribution in [0.1, 0.15) is 59.3 Å². The molecule has 0 aromatic carbocycles. The van der Waals surface area contributed by atoms with Gasteiger partial charge >= 0.3 is 5.97 Å². The SMILES string of the molecule is CC(C)(C)OCCC(NC(=O)C1CC(=O)N(C2CCCC2)C1)C(=O)O. The smallest absolute Gasteiger partial charge is 0.326 e. The molecule has 1 saturated heterocycles. The molecule has 1 aliphatic carbocycles. The van der Waals surface area contributed by atoms with Crippen LogP contribution in [0.25, 0.3) is 0 Å². The second-order valence-corrected chi connectivity index (χ2v) is 8.03. The van der Waals surface area contributed by atoms with Gasteiger partial charge in [-0.15, -0.1) is 0 Å². The Kier molecular flexibility index (Phi) is 6.43. The molecule has 0 radical (unpaired) electrons. The molecule has 1 heterocycles. The molecular formula is C18H30N2O5. The fourth-order valence-electron chi connectivity index (χ4n) is 3.51. The molecule has 1 aliphatic heterocycles. The average molecular weight is 354 g/mol. The number of hydrogen-bond acceptors (Lipinski definition) is 4.